The van der Waals surface area contributed by atoms with Crippen LogP contribution < -0.4 is 0 Å². The summed E-state index contributed by atoms with van der Waals surface area (Å²) < 4.78 is 8.19. The second-order valence-corrected chi connectivity index (χ2v) is 5.34. The average Bonchev–Trinajstić information content (AvgIpc) is 2.94. The van der Waals surface area contributed by atoms with Crippen LogP contribution in [0.25, 0.3) is 11.0 Å². The minimum atomic E-state index is -0.160. The van der Waals surface area contributed by atoms with Crippen molar-refractivity contribution in [2.24, 2.45) is 7.05 Å². The van der Waals surface area contributed by atoms with Crippen LogP contribution in [0.4, 0.5) is 0 Å². The fourth-order valence-corrected chi connectivity index (χ4v) is 2.71. The zero-order valence-corrected chi connectivity index (χ0v) is 12.1. The molecule has 0 atom stereocenters. The molecule has 5 heteroatoms. The number of aryl methyl sites for hydroxylation is 2. The van der Waals surface area contributed by atoms with Gasteiger partial charge in [0.05, 0.1) is 0 Å². The minimum Gasteiger partial charge on any atom is -0.452 e. The Bertz CT molecular complexity index is 786. The molecule has 0 aliphatic heterocycles. The van der Waals surface area contributed by atoms with E-state index in [-0.39, 0.29) is 5.78 Å². The highest BCUT2D eigenvalue weighted by molar-refractivity contribution is 9.10. The number of carbonyl (C=O) groups excluding carboxylic acids is 1. The molecule has 0 aliphatic rings. The summed E-state index contributed by atoms with van der Waals surface area (Å²) >= 11 is 3.44. The Balaban J connectivity index is 2.14. The Morgan fingerprint density at radius 1 is 1.37 bits per heavy atom. The number of carbonyl (C=O) groups is 1. The summed E-state index contributed by atoms with van der Waals surface area (Å²) in [4.78, 5) is 12.3. The van der Waals surface area contributed by atoms with E-state index < -0.39 is 0 Å². The second-order valence-electron chi connectivity index (χ2n) is 4.42. The Labute approximate surface area is 118 Å². The molecule has 19 heavy (non-hydrogen) atoms. The molecular weight excluding hydrogens is 308 g/mol. The third-order valence-electron chi connectivity index (χ3n) is 3.04. The second kappa shape index (κ2) is 4.35. The smallest absolute Gasteiger partial charge is 0.246 e. The van der Waals surface area contributed by atoms with Gasteiger partial charge in [-0.1, -0.05) is 15.9 Å². The van der Waals surface area contributed by atoms with Crippen molar-refractivity contribution in [3.8, 4) is 0 Å². The van der Waals surface area contributed by atoms with Gasteiger partial charge in [0.2, 0.25) is 5.78 Å². The van der Waals surface area contributed by atoms with Gasteiger partial charge < -0.3 is 4.42 Å². The van der Waals surface area contributed by atoms with Crippen molar-refractivity contribution in [1.29, 1.82) is 0 Å². The minimum absolute atomic E-state index is 0.160. The molecular formula is C14H11BrN2O2. The SMILES string of the molecule is Cc1cc(Br)cc2cc(C(=O)c3ccnn3C)oc12. The monoisotopic (exact) mass is 318 g/mol. The average molecular weight is 319 g/mol. The molecule has 0 bridgehead atoms. The number of aromatic nitrogens is 2. The predicted molar refractivity (Wildman–Crippen MR) is 75.3 cm³/mol. The molecule has 96 valence electrons. The Morgan fingerprint density at radius 2 is 2.16 bits per heavy atom. The molecule has 3 aromatic rings. The highest BCUT2D eigenvalue weighted by Crippen LogP contribution is 2.27. The quantitative estimate of drug-likeness (QED) is 0.680. The molecule has 1 aromatic carbocycles. The first-order chi connectivity index (χ1) is 9.06. The standard InChI is InChI=1S/C14H11BrN2O2/c1-8-5-10(15)6-9-7-12(19-14(8)9)13(18)11-3-4-16-17(11)2/h3-7H,1-2H3. The van der Waals surface area contributed by atoms with E-state index >= 15 is 0 Å². The third kappa shape index (κ3) is 2.00. The molecule has 4 nitrogen and oxygen atoms in total. The number of halogens is 1. The molecule has 0 amide bonds. The van der Waals surface area contributed by atoms with Gasteiger partial charge in [0.1, 0.15) is 11.3 Å². The van der Waals surface area contributed by atoms with Crippen molar-refractivity contribution >= 4 is 32.7 Å². The van der Waals surface area contributed by atoms with Crippen molar-refractivity contribution in [3.63, 3.8) is 0 Å². The van der Waals surface area contributed by atoms with Gasteiger partial charge in [0.25, 0.3) is 0 Å². The van der Waals surface area contributed by atoms with Gasteiger partial charge in [0.15, 0.2) is 5.76 Å². The lowest BCUT2D eigenvalue weighted by Crippen LogP contribution is -2.07. The summed E-state index contributed by atoms with van der Waals surface area (Å²) in [6.45, 7) is 1.95. The fraction of sp³-hybridized carbons (Fsp3) is 0.143. The van der Waals surface area contributed by atoms with E-state index in [0.717, 1.165) is 21.0 Å². The van der Waals surface area contributed by atoms with Crippen LogP contribution in [0.2, 0.25) is 0 Å². The van der Waals surface area contributed by atoms with E-state index in [1.54, 1.807) is 25.4 Å². The number of furan rings is 1. The highest BCUT2D eigenvalue weighted by atomic mass is 79.9. The fourth-order valence-electron chi connectivity index (χ4n) is 2.12. The molecule has 0 fully saturated rings. The van der Waals surface area contributed by atoms with E-state index in [9.17, 15) is 4.79 Å². The number of hydrogen-bond donors (Lipinski definition) is 0. The molecule has 2 aromatic heterocycles. The molecule has 2 heterocycles. The Morgan fingerprint density at radius 3 is 2.84 bits per heavy atom. The van der Waals surface area contributed by atoms with Gasteiger partial charge in [0, 0.05) is 23.1 Å². The van der Waals surface area contributed by atoms with E-state index in [4.69, 9.17) is 4.42 Å². The van der Waals surface area contributed by atoms with Crippen molar-refractivity contribution < 1.29 is 9.21 Å². The number of fused-ring (bicyclic) bond motifs is 1. The number of ketones is 1. The van der Waals surface area contributed by atoms with Crippen LogP contribution in [0, 0.1) is 6.92 Å². The van der Waals surface area contributed by atoms with Crippen LogP contribution in [-0.4, -0.2) is 15.6 Å². The summed E-state index contributed by atoms with van der Waals surface area (Å²) in [5.41, 5.74) is 2.25. The van der Waals surface area contributed by atoms with Gasteiger partial charge in [-0.15, -0.1) is 0 Å². The first kappa shape index (κ1) is 12.2. The van der Waals surface area contributed by atoms with Crippen molar-refractivity contribution in [1.82, 2.24) is 9.78 Å². The molecule has 0 saturated heterocycles. The first-order valence-corrected chi connectivity index (χ1v) is 6.58. The van der Waals surface area contributed by atoms with Crippen LogP contribution in [0.5, 0.6) is 0 Å². The molecule has 0 unspecified atom stereocenters. The number of rotatable bonds is 2. The summed E-state index contributed by atoms with van der Waals surface area (Å²) in [6.07, 6.45) is 1.59. The van der Waals surface area contributed by atoms with Crippen LogP contribution in [0.1, 0.15) is 21.8 Å². The van der Waals surface area contributed by atoms with E-state index in [1.807, 2.05) is 19.1 Å². The lowest BCUT2D eigenvalue weighted by molar-refractivity contribution is 0.100. The largest absolute Gasteiger partial charge is 0.452 e. The summed E-state index contributed by atoms with van der Waals surface area (Å²) in [6, 6.07) is 7.34. The molecule has 3 rings (SSSR count). The number of hydrogen-bond acceptors (Lipinski definition) is 3. The molecule has 0 N–H and O–H groups in total. The van der Waals surface area contributed by atoms with Crippen molar-refractivity contribution in [3.05, 3.63) is 52.0 Å². The van der Waals surface area contributed by atoms with E-state index in [2.05, 4.69) is 21.0 Å². The lowest BCUT2D eigenvalue weighted by atomic mass is 10.1. The first-order valence-electron chi connectivity index (χ1n) is 5.78. The number of nitrogens with zero attached hydrogens (tertiary/aromatic N) is 2. The van der Waals surface area contributed by atoms with Crippen molar-refractivity contribution in [2.45, 2.75) is 6.92 Å². The van der Waals surface area contributed by atoms with Gasteiger partial charge >= 0.3 is 0 Å². The predicted octanol–water partition coefficient (Wildman–Crippen LogP) is 3.47. The van der Waals surface area contributed by atoms with Crippen molar-refractivity contribution in [2.75, 3.05) is 0 Å². The lowest BCUT2D eigenvalue weighted by Gasteiger charge is -1.97. The van der Waals surface area contributed by atoms with Crippen LogP contribution >= 0.6 is 15.9 Å². The van der Waals surface area contributed by atoms with E-state index in [1.165, 1.54) is 4.68 Å². The van der Waals surface area contributed by atoms with E-state index in [0.29, 0.717) is 11.5 Å². The maximum atomic E-state index is 12.3. The number of benzene rings is 1. The van der Waals surface area contributed by atoms with Gasteiger partial charge in [-0.2, -0.15) is 5.10 Å². The Hall–Kier alpha value is -1.88. The highest BCUT2D eigenvalue weighted by Gasteiger charge is 2.18. The summed E-state index contributed by atoms with van der Waals surface area (Å²) in [5, 5.41) is 4.91. The van der Waals surface area contributed by atoms with Gasteiger partial charge in [-0.3, -0.25) is 9.48 Å². The summed E-state index contributed by atoms with van der Waals surface area (Å²) in [7, 11) is 1.73. The van der Waals surface area contributed by atoms with Gasteiger partial charge in [-0.25, -0.2) is 0 Å². The third-order valence-corrected chi connectivity index (χ3v) is 3.50. The van der Waals surface area contributed by atoms with Crippen LogP contribution in [0.15, 0.2) is 39.4 Å². The summed E-state index contributed by atoms with van der Waals surface area (Å²) in [5.74, 6) is 0.173. The molecule has 0 radical (unpaired) electrons. The molecule has 0 aliphatic carbocycles. The zero-order chi connectivity index (χ0) is 13.6. The topological polar surface area (TPSA) is 48.0 Å². The zero-order valence-electron chi connectivity index (χ0n) is 10.5. The maximum absolute atomic E-state index is 12.3. The normalized spacial score (nSPS) is 11.1. The van der Waals surface area contributed by atoms with Gasteiger partial charge in [-0.05, 0) is 36.8 Å². The molecule has 0 spiro atoms. The molecule has 0 saturated carbocycles. The Kier molecular flexibility index (Phi) is 2.78. The van der Waals surface area contributed by atoms with Crippen LogP contribution in [0.3, 0.4) is 0 Å². The van der Waals surface area contributed by atoms with Crippen LogP contribution in [-0.2, 0) is 7.05 Å². The maximum Gasteiger partial charge on any atom is 0.246 e.